The van der Waals surface area contributed by atoms with Crippen LogP contribution in [0.25, 0.3) is 0 Å². The lowest BCUT2D eigenvalue weighted by atomic mass is 10.0. The van der Waals surface area contributed by atoms with Crippen LogP contribution >= 0.6 is 15.6 Å². The predicted octanol–water partition coefficient (Wildman–Crippen LogP) is 26.0. The number of phosphoric ester groups is 2. The maximum absolute atomic E-state index is 13.1. The Labute approximate surface area is 638 Å². The Balaban J connectivity index is 5.23. The first-order chi connectivity index (χ1) is 50.5. The molecule has 2 unspecified atom stereocenters. The molecule has 104 heavy (non-hydrogen) atoms. The van der Waals surface area contributed by atoms with Gasteiger partial charge in [0, 0.05) is 25.7 Å². The van der Waals surface area contributed by atoms with Gasteiger partial charge >= 0.3 is 39.5 Å². The number of ether oxygens (including phenoxy) is 4. The van der Waals surface area contributed by atoms with E-state index >= 15 is 0 Å². The zero-order valence-corrected chi connectivity index (χ0v) is 70.0. The van der Waals surface area contributed by atoms with Gasteiger partial charge in [0.1, 0.15) is 19.3 Å². The highest BCUT2D eigenvalue weighted by Gasteiger charge is 2.30. The minimum absolute atomic E-state index is 0.109. The largest absolute Gasteiger partial charge is 0.472 e. The van der Waals surface area contributed by atoms with Gasteiger partial charge in [-0.1, -0.05) is 407 Å². The molecule has 3 N–H and O–H groups in total. The number of hydrogen-bond donors (Lipinski definition) is 3. The number of rotatable bonds is 85. The van der Waals surface area contributed by atoms with Gasteiger partial charge in [-0.25, -0.2) is 9.13 Å². The summed E-state index contributed by atoms with van der Waals surface area (Å²) in [5.74, 6) is -1.32. The van der Waals surface area contributed by atoms with E-state index in [4.69, 9.17) is 37.0 Å². The van der Waals surface area contributed by atoms with E-state index in [1.807, 2.05) is 0 Å². The van der Waals surface area contributed by atoms with Crippen molar-refractivity contribution in [3.05, 3.63) is 0 Å². The Morgan fingerprint density at radius 2 is 0.442 bits per heavy atom. The van der Waals surface area contributed by atoms with Crippen molar-refractivity contribution in [3.8, 4) is 0 Å². The van der Waals surface area contributed by atoms with Crippen molar-refractivity contribution >= 4 is 39.5 Å². The summed E-state index contributed by atoms with van der Waals surface area (Å²) < 4.78 is 68.9. The molecule has 0 radical (unpaired) electrons. The van der Waals surface area contributed by atoms with E-state index in [0.29, 0.717) is 25.7 Å². The van der Waals surface area contributed by atoms with Crippen LogP contribution in [0.4, 0.5) is 0 Å². The number of phosphoric acid groups is 2. The van der Waals surface area contributed by atoms with E-state index in [-0.39, 0.29) is 25.7 Å². The van der Waals surface area contributed by atoms with Gasteiger partial charge in [0.15, 0.2) is 12.2 Å². The van der Waals surface area contributed by atoms with Crippen LogP contribution in [0.5, 0.6) is 0 Å². The lowest BCUT2D eigenvalue weighted by Crippen LogP contribution is -2.30. The lowest BCUT2D eigenvalue weighted by molar-refractivity contribution is -0.161. The highest BCUT2D eigenvalue weighted by Crippen LogP contribution is 2.45. The molecule has 0 heterocycles. The van der Waals surface area contributed by atoms with Crippen LogP contribution in [0, 0.1) is 5.92 Å². The fraction of sp³-hybridized carbons (Fsp3) is 0.953. The van der Waals surface area contributed by atoms with Crippen LogP contribution in [0.15, 0.2) is 0 Å². The van der Waals surface area contributed by atoms with Crippen molar-refractivity contribution < 1.29 is 80.2 Å². The average Bonchev–Trinajstić information content (AvgIpc) is 0.973. The molecule has 0 bridgehead atoms. The molecule has 0 rings (SSSR count). The Bertz CT molecular complexity index is 1980. The number of aliphatic hydroxyl groups is 1. The topological polar surface area (TPSA) is 237 Å². The van der Waals surface area contributed by atoms with Gasteiger partial charge < -0.3 is 33.8 Å². The third-order valence-corrected chi connectivity index (χ3v) is 21.9. The Morgan fingerprint density at radius 3 is 0.654 bits per heavy atom. The molecule has 0 aliphatic carbocycles. The molecule has 0 aromatic heterocycles. The number of hydrogen-bond acceptors (Lipinski definition) is 15. The number of carbonyl (C=O) groups is 4. The summed E-state index contributed by atoms with van der Waals surface area (Å²) in [6.07, 6.45) is 70.8. The number of carbonyl (C=O) groups excluding carboxylic acids is 4. The quantitative estimate of drug-likeness (QED) is 0.0222. The van der Waals surface area contributed by atoms with Crippen molar-refractivity contribution in [2.24, 2.45) is 5.92 Å². The van der Waals surface area contributed by atoms with Crippen molar-refractivity contribution in [3.63, 3.8) is 0 Å². The Hall–Kier alpha value is -1.94. The van der Waals surface area contributed by atoms with E-state index in [1.165, 1.54) is 283 Å². The monoisotopic (exact) mass is 1520 g/mol. The highest BCUT2D eigenvalue weighted by atomic mass is 31.2. The second kappa shape index (κ2) is 77.8. The van der Waals surface area contributed by atoms with Crippen molar-refractivity contribution in [1.82, 2.24) is 0 Å². The summed E-state index contributed by atoms with van der Waals surface area (Å²) >= 11 is 0. The maximum atomic E-state index is 13.1. The molecule has 0 amide bonds. The molecule has 0 saturated heterocycles. The first kappa shape index (κ1) is 102. The predicted molar refractivity (Wildman–Crippen MR) is 428 cm³/mol. The molecule has 618 valence electrons. The minimum Gasteiger partial charge on any atom is -0.462 e. The molecule has 19 heteroatoms. The van der Waals surface area contributed by atoms with Crippen LogP contribution in [-0.2, 0) is 65.4 Å². The fourth-order valence-corrected chi connectivity index (χ4v) is 14.9. The van der Waals surface area contributed by atoms with Gasteiger partial charge in [-0.05, 0) is 31.6 Å². The van der Waals surface area contributed by atoms with Crippen LogP contribution < -0.4 is 0 Å². The van der Waals surface area contributed by atoms with Crippen LogP contribution in [0.1, 0.15) is 458 Å². The standard InChI is InChI=1S/C85H166O17P2/c1-6-9-12-15-18-21-24-27-29-30-31-32-33-34-35-37-39-46-51-56-61-66-71-85(90)102-81(75-96-83(88)69-64-59-54-49-44-41-40-42-47-52-57-62-67-78(4)5)77-100-104(93,94)98-73-79(86)72-97-103(91,92)99-76-80(74-95-82(87)68-63-58-53-48-43-26-23-20-17-14-11-8-3)101-84(89)70-65-60-55-50-45-38-36-28-25-22-19-16-13-10-7-2/h78-81,86H,6-77H2,1-5H3,(H,91,92)(H,93,94)/t79-,80+,81+/m0/s1. The van der Waals surface area contributed by atoms with Crippen molar-refractivity contribution in [2.45, 2.75) is 477 Å². The smallest absolute Gasteiger partial charge is 0.462 e. The van der Waals surface area contributed by atoms with E-state index in [9.17, 15) is 43.2 Å². The molecule has 5 atom stereocenters. The molecule has 0 spiro atoms. The van der Waals surface area contributed by atoms with Gasteiger partial charge in [-0.3, -0.25) is 37.3 Å². The second-order valence-corrected chi connectivity index (χ2v) is 34.0. The van der Waals surface area contributed by atoms with Crippen LogP contribution in [0.3, 0.4) is 0 Å². The molecule has 0 saturated carbocycles. The Morgan fingerprint density at radius 1 is 0.260 bits per heavy atom. The number of unbranched alkanes of at least 4 members (excludes halogenated alkanes) is 57. The van der Waals surface area contributed by atoms with Gasteiger partial charge in [-0.2, -0.15) is 0 Å². The molecule has 0 aliphatic heterocycles. The molecule has 0 aromatic carbocycles. The van der Waals surface area contributed by atoms with E-state index in [1.54, 1.807) is 0 Å². The SMILES string of the molecule is CCCCCCCCCCCCCCCCCCCCCCCCC(=O)O[C@H](COC(=O)CCCCCCCCCCCCCCC(C)C)COP(=O)(O)OC[C@@H](O)COP(=O)(O)OC[C@@H](COC(=O)CCCCCCCCCCCCCC)OC(=O)CCCCCCCCCCCCCCCCC. The normalized spacial score (nSPS) is 13.8. The summed E-state index contributed by atoms with van der Waals surface area (Å²) in [5.41, 5.74) is 0. The molecule has 0 fully saturated rings. The van der Waals surface area contributed by atoms with Crippen molar-refractivity contribution in [2.75, 3.05) is 39.6 Å². The summed E-state index contributed by atoms with van der Waals surface area (Å²) in [7, 11) is -9.92. The fourth-order valence-electron chi connectivity index (χ4n) is 13.3. The van der Waals surface area contributed by atoms with E-state index in [2.05, 4.69) is 34.6 Å². The maximum Gasteiger partial charge on any atom is 0.472 e. The van der Waals surface area contributed by atoms with Gasteiger partial charge in [0.2, 0.25) is 0 Å². The third-order valence-electron chi connectivity index (χ3n) is 20.0. The molecule has 0 aromatic rings. The summed E-state index contributed by atoms with van der Waals surface area (Å²) in [4.78, 5) is 73.2. The average molecular weight is 1520 g/mol. The van der Waals surface area contributed by atoms with Gasteiger partial charge in [0.25, 0.3) is 0 Å². The third kappa shape index (κ3) is 78.2. The molecule has 0 aliphatic rings. The first-order valence-electron chi connectivity index (χ1n) is 44.1. The Kier molecular flexibility index (Phi) is 76.3. The van der Waals surface area contributed by atoms with Crippen LogP contribution in [0.2, 0.25) is 0 Å². The zero-order valence-electron chi connectivity index (χ0n) is 68.2. The lowest BCUT2D eigenvalue weighted by Gasteiger charge is -2.21. The summed E-state index contributed by atoms with van der Waals surface area (Å²) in [5, 5.41) is 10.7. The van der Waals surface area contributed by atoms with E-state index < -0.39 is 97.5 Å². The molecule has 17 nitrogen and oxygen atoms in total. The highest BCUT2D eigenvalue weighted by molar-refractivity contribution is 7.47. The van der Waals surface area contributed by atoms with Crippen LogP contribution in [-0.4, -0.2) is 96.7 Å². The number of aliphatic hydroxyl groups excluding tert-OH is 1. The molecular formula is C85H166O17P2. The van der Waals surface area contributed by atoms with Crippen molar-refractivity contribution in [1.29, 1.82) is 0 Å². The summed E-state index contributed by atoms with van der Waals surface area (Å²) in [6, 6.07) is 0. The second-order valence-electron chi connectivity index (χ2n) is 31.1. The zero-order chi connectivity index (χ0) is 76.2. The molecular weight excluding hydrogens is 1350 g/mol. The van der Waals surface area contributed by atoms with Gasteiger partial charge in [-0.15, -0.1) is 0 Å². The summed E-state index contributed by atoms with van der Waals surface area (Å²) in [6.45, 7) is 7.37. The minimum atomic E-state index is -4.96. The number of esters is 4. The first-order valence-corrected chi connectivity index (χ1v) is 47.1. The van der Waals surface area contributed by atoms with Gasteiger partial charge in [0.05, 0.1) is 26.4 Å². The van der Waals surface area contributed by atoms with E-state index in [0.717, 1.165) is 95.8 Å².